The summed E-state index contributed by atoms with van der Waals surface area (Å²) in [7, 11) is 0. The molecule has 0 radical (unpaired) electrons. The second-order valence-electron chi connectivity index (χ2n) is 4.00. The van der Waals surface area contributed by atoms with E-state index >= 15 is 0 Å². The lowest BCUT2D eigenvalue weighted by atomic mass is 10.2. The number of aromatic nitrogens is 4. The summed E-state index contributed by atoms with van der Waals surface area (Å²) in [6, 6.07) is 0. The zero-order chi connectivity index (χ0) is 13.5. The van der Waals surface area contributed by atoms with Gasteiger partial charge in [0.25, 0.3) is 0 Å². The maximum atomic E-state index is 11.6. The number of carboxylic acids is 1. The quantitative estimate of drug-likeness (QED) is 0.652. The summed E-state index contributed by atoms with van der Waals surface area (Å²) in [4.78, 5) is 22.0. The maximum Gasteiger partial charge on any atom is 0.313 e. The van der Waals surface area contributed by atoms with E-state index in [1.165, 1.54) is 4.68 Å². The number of tetrazole rings is 1. The lowest BCUT2D eigenvalue weighted by Gasteiger charge is -2.07. The molecule has 0 aliphatic rings. The van der Waals surface area contributed by atoms with Gasteiger partial charge in [-0.25, -0.2) is 4.68 Å². The summed E-state index contributed by atoms with van der Waals surface area (Å²) in [6.45, 7) is 4.55. The van der Waals surface area contributed by atoms with Gasteiger partial charge in [-0.05, 0) is 16.3 Å². The first kappa shape index (κ1) is 14.4. The molecule has 0 spiro atoms. The highest BCUT2D eigenvalue weighted by atomic mass is 32.2. The number of rotatable bonds is 7. The van der Waals surface area contributed by atoms with Crippen molar-refractivity contribution in [2.45, 2.75) is 25.5 Å². The van der Waals surface area contributed by atoms with Gasteiger partial charge < -0.3 is 10.4 Å². The molecule has 8 nitrogen and oxygen atoms in total. The fourth-order valence-electron chi connectivity index (χ4n) is 1.04. The zero-order valence-corrected chi connectivity index (χ0v) is 11.0. The molecule has 0 unspecified atom stereocenters. The molecule has 0 aliphatic heterocycles. The minimum absolute atomic E-state index is 0.0122. The number of carbonyl (C=O) groups excluding carboxylic acids is 1. The van der Waals surface area contributed by atoms with E-state index in [4.69, 9.17) is 5.11 Å². The predicted octanol–water partition coefficient (Wildman–Crippen LogP) is -0.378. The van der Waals surface area contributed by atoms with Crippen molar-refractivity contribution >= 4 is 23.6 Å². The Morgan fingerprint density at radius 1 is 1.50 bits per heavy atom. The van der Waals surface area contributed by atoms with Gasteiger partial charge in [0.2, 0.25) is 11.1 Å². The van der Waals surface area contributed by atoms with Crippen LogP contribution in [0.25, 0.3) is 0 Å². The second kappa shape index (κ2) is 6.94. The highest BCUT2D eigenvalue weighted by molar-refractivity contribution is 7.99. The van der Waals surface area contributed by atoms with Crippen LogP contribution in [0, 0.1) is 5.92 Å². The number of nitrogens with one attached hydrogen (secondary N) is 1. The van der Waals surface area contributed by atoms with E-state index in [0.717, 1.165) is 11.8 Å². The number of carbonyl (C=O) groups is 2. The Bertz CT molecular complexity index is 420. The van der Waals surface area contributed by atoms with Crippen molar-refractivity contribution in [2.24, 2.45) is 5.92 Å². The van der Waals surface area contributed by atoms with Crippen LogP contribution < -0.4 is 5.32 Å². The van der Waals surface area contributed by atoms with E-state index < -0.39 is 5.97 Å². The number of hydrogen-bond donors (Lipinski definition) is 2. The molecule has 100 valence electrons. The van der Waals surface area contributed by atoms with E-state index in [1.807, 2.05) is 13.8 Å². The molecule has 1 amide bonds. The fourth-order valence-corrected chi connectivity index (χ4v) is 1.63. The molecule has 0 saturated heterocycles. The molecule has 9 heteroatoms. The lowest BCUT2D eigenvalue weighted by Crippen LogP contribution is -2.31. The van der Waals surface area contributed by atoms with Gasteiger partial charge in [-0.3, -0.25) is 9.59 Å². The van der Waals surface area contributed by atoms with Crippen LogP contribution in [0.2, 0.25) is 0 Å². The van der Waals surface area contributed by atoms with E-state index in [2.05, 4.69) is 20.8 Å². The van der Waals surface area contributed by atoms with Gasteiger partial charge in [-0.15, -0.1) is 5.10 Å². The van der Waals surface area contributed by atoms with Crippen LogP contribution >= 0.6 is 11.8 Å². The molecule has 1 aromatic heterocycles. The minimum Gasteiger partial charge on any atom is -0.481 e. The normalized spacial score (nSPS) is 10.6. The minimum atomic E-state index is -0.959. The van der Waals surface area contributed by atoms with Crippen molar-refractivity contribution in [2.75, 3.05) is 12.3 Å². The third-order valence-electron chi connectivity index (χ3n) is 1.82. The standard InChI is InChI=1S/C9H15N5O3S/c1-6(2)3-10-7(15)4-14-9(11-12-13-14)18-5-8(16)17/h6H,3-5H2,1-2H3,(H,10,15)(H,16,17). The van der Waals surface area contributed by atoms with Crippen molar-refractivity contribution in [1.29, 1.82) is 0 Å². The summed E-state index contributed by atoms with van der Waals surface area (Å²) < 4.78 is 1.28. The van der Waals surface area contributed by atoms with E-state index in [1.54, 1.807) is 0 Å². The van der Waals surface area contributed by atoms with Crippen molar-refractivity contribution in [3.8, 4) is 0 Å². The molecule has 1 heterocycles. The van der Waals surface area contributed by atoms with Gasteiger partial charge in [0.15, 0.2) is 0 Å². The van der Waals surface area contributed by atoms with Gasteiger partial charge in [-0.1, -0.05) is 25.6 Å². The molecule has 0 saturated carbocycles. The Hall–Kier alpha value is -1.64. The molecule has 2 N–H and O–H groups in total. The average Bonchev–Trinajstić information content (AvgIpc) is 2.71. The van der Waals surface area contributed by atoms with Crippen LogP contribution in [-0.2, 0) is 16.1 Å². The summed E-state index contributed by atoms with van der Waals surface area (Å²) in [6.07, 6.45) is 0. The van der Waals surface area contributed by atoms with Gasteiger partial charge in [-0.2, -0.15) is 0 Å². The highest BCUT2D eigenvalue weighted by Gasteiger charge is 2.12. The average molecular weight is 273 g/mol. The SMILES string of the molecule is CC(C)CNC(=O)Cn1nnnc1SCC(=O)O. The van der Waals surface area contributed by atoms with Gasteiger partial charge >= 0.3 is 5.97 Å². The van der Waals surface area contributed by atoms with Crippen LogP contribution in [0.1, 0.15) is 13.8 Å². The Morgan fingerprint density at radius 2 is 2.22 bits per heavy atom. The Kier molecular flexibility index (Phi) is 5.56. The van der Waals surface area contributed by atoms with Gasteiger partial charge in [0.1, 0.15) is 6.54 Å². The van der Waals surface area contributed by atoms with Crippen LogP contribution in [-0.4, -0.2) is 49.5 Å². The van der Waals surface area contributed by atoms with E-state index in [9.17, 15) is 9.59 Å². The van der Waals surface area contributed by atoms with Crippen molar-refractivity contribution in [1.82, 2.24) is 25.5 Å². The van der Waals surface area contributed by atoms with Crippen molar-refractivity contribution in [3.05, 3.63) is 0 Å². The molecule has 0 aromatic carbocycles. The lowest BCUT2D eigenvalue weighted by molar-refractivity contribution is -0.133. The Morgan fingerprint density at radius 3 is 2.83 bits per heavy atom. The summed E-state index contributed by atoms with van der Waals surface area (Å²) >= 11 is 0.975. The van der Waals surface area contributed by atoms with Crippen LogP contribution in [0.5, 0.6) is 0 Å². The summed E-state index contributed by atoms with van der Waals surface area (Å²) in [5.41, 5.74) is 0. The maximum absolute atomic E-state index is 11.6. The Labute approximate surface area is 108 Å². The Balaban J connectivity index is 2.48. The van der Waals surface area contributed by atoms with E-state index in [0.29, 0.717) is 17.6 Å². The number of aliphatic carboxylic acids is 1. The largest absolute Gasteiger partial charge is 0.481 e. The molecule has 1 rings (SSSR count). The second-order valence-corrected chi connectivity index (χ2v) is 4.94. The predicted molar refractivity (Wildman–Crippen MR) is 64.0 cm³/mol. The third kappa shape index (κ3) is 5.13. The molecule has 18 heavy (non-hydrogen) atoms. The number of nitrogens with zero attached hydrogens (tertiary/aromatic N) is 4. The number of hydrogen-bond acceptors (Lipinski definition) is 6. The van der Waals surface area contributed by atoms with E-state index in [-0.39, 0.29) is 18.2 Å². The third-order valence-corrected chi connectivity index (χ3v) is 2.77. The molecule has 0 fully saturated rings. The van der Waals surface area contributed by atoms with Crippen molar-refractivity contribution < 1.29 is 14.7 Å². The monoisotopic (exact) mass is 273 g/mol. The highest BCUT2D eigenvalue weighted by Crippen LogP contribution is 2.12. The first-order chi connectivity index (χ1) is 8.49. The topological polar surface area (TPSA) is 110 Å². The molecule has 0 atom stereocenters. The number of amides is 1. The molecule has 1 aromatic rings. The van der Waals surface area contributed by atoms with Gasteiger partial charge in [0, 0.05) is 6.54 Å². The molecule has 0 bridgehead atoms. The zero-order valence-electron chi connectivity index (χ0n) is 10.2. The fraction of sp³-hybridized carbons (Fsp3) is 0.667. The van der Waals surface area contributed by atoms with Crippen LogP contribution in [0.3, 0.4) is 0 Å². The number of thioether (sulfide) groups is 1. The first-order valence-electron chi connectivity index (χ1n) is 5.36. The summed E-state index contributed by atoms with van der Waals surface area (Å²) in [5, 5.41) is 22.3. The first-order valence-corrected chi connectivity index (χ1v) is 6.35. The van der Waals surface area contributed by atoms with Gasteiger partial charge in [0.05, 0.1) is 5.75 Å². The smallest absolute Gasteiger partial charge is 0.313 e. The molecular weight excluding hydrogens is 258 g/mol. The van der Waals surface area contributed by atoms with Crippen LogP contribution in [0.15, 0.2) is 5.16 Å². The molecule has 0 aliphatic carbocycles. The van der Waals surface area contributed by atoms with Crippen molar-refractivity contribution in [3.63, 3.8) is 0 Å². The van der Waals surface area contributed by atoms with Crippen LogP contribution in [0.4, 0.5) is 0 Å². The number of carboxylic acid groups (broad SMARTS) is 1. The molecular formula is C9H15N5O3S. The summed E-state index contributed by atoms with van der Waals surface area (Å²) in [5.74, 6) is -0.941.